The van der Waals surface area contributed by atoms with E-state index in [0.717, 1.165) is 6.08 Å². The molecule has 18 heavy (non-hydrogen) atoms. The molecule has 1 aromatic carbocycles. The van der Waals surface area contributed by atoms with Gasteiger partial charge in [-0.3, -0.25) is 0 Å². The first-order chi connectivity index (χ1) is 8.58. The van der Waals surface area contributed by atoms with Crippen LogP contribution >= 0.6 is 0 Å². The van der Waals surface area contributed by atoms with Crippen LogP contribution in [-0.2, 0) is 16.0 Å². The Kier molecular flexibility index (Phi) is 3.23. The molecule has 0 N–H and O–H groups in total. The highest BCUT2D eigenvalue weighted by molar-refractivity contribution is 6.05. The van der Waals surface area contributed by atoms with E-state index in [1.54, 1.807) is 30.3 Å². The van der Waals surface area contributed by atoms with Crippen molar-refractivity contribution in [1.29, 1.82) is 0 Å². The van der Waals surface area contributed by atoms with Crippen LogP contribution in [0.4, 0.5) is 8.78 Å². The Morgan fingerprint density at radius 3 is 2.56 bits per heavy atom. The topological polar surface area (TPSA) is 38.7 Å². The lowest BCUT2D eigenvalue weighted by molar-refractivity contribution is -0.144. The second kappa shape index (κ2) is 4.68. The molecular formula is C13H11F2NO2. The van der Waals surface area contributed by atoms with Crippen LogP contribution in [-0.4, -0.2) is 23.8 Å². The van der Waals surface area contributed by atoms with Gasteiger partial charge in [0.15, 0.2) is 0 Å². The average Bonchev–Trinajstić information content (AvgIpc) is 2.69. The van der Waals surface area contributed by atoms with Crippen LogP contribution in [0.1, 0.15) is 5.56 Å². The average molecular weight is 251 g/mol. The first-order valence-corrected chi connectivity index (χ1v) is 5.35. The maximum atomic E-state index is 13.2. The van der Waals surface area contributed by atoms with Gasteiger partial charge in [0.25, 0.3) is 6.43 Å². The molecule has 1 aromatic rings. The number of alkyl halides is 2. The van der Waals surface area contributed by atoms with Crippen molar-refractivity contribution in [3.8, 4) is 0 Å². The first kappa shape index (κ1) is 12.4. The summed E-state index contributed by atoms with van der Waals surface area (Å²) >= 11 is 0. The summed E-state index contributed by atoms with van der Waals surface area (Å²) in [7, 11) is 0. The Hall–Kier alpha value is -2.04. The molecule has 0 aromatic heterocycles. The molecule has 0 aliphatic carbocycles. The minimum Gasteiger partial charge on any atom is -0.406 e. The molecule has 0 bridgehead atoms. The lowest BCUT2D eigenvalue weighted by Crippen LogP contribution is -2.43. The van der Waals surface area contributed by atoms with Crippen molar-refractivity contribution < 1.29 is 18.3 Å². The monoisotopic (exact) mass is 251 g/mol. The van der Waals surface area contributed by atoms with Gasteiger partial charge >= 0.3 is 5.97 Å². The van der Waals surface area contributed by atoms with Crippen LogP contribution in [0.2, 0.25) is 0 Å². The number of esters is 1. The van der Waals surface area contributed by atoms with E-state index in [-0.39, 0.29) is 12.3 Å². The Morgan fingerprint density at radius 2 is 2.06 bits per heavy atom. The summed E-state index contributed by atoms with van der Waals surface area (Å²) < 4.78 is 31.1. The van der Waals surface area contributed by atoms with Crippen LogP contribution in [0.15, 0.2) is 48.0 Å². The van der Waals surface area contributed by atoms with Gasteiger partial charge in [-0.15, -0.1) is 0 Å². The molecule has 1 heterocycles. The minimum absolute atomic E-state index is 0.156. The lowest BCUT2D eigenvalue weighted by atomic mass is 9.92. The minimum atomic E-state index is -2.93. The number of cyclic esters (lactones) is 1. The van der Waals surface area contributed by atoms with E-state index in [0.29, 0.717) is 5.56 Å². The first-order valence-electron chi connectivity index (χ1n) is 5.35. The van der Waals surface area contributed by atoms with Gasteiger partial charge in [-0.2, -0.15) is 0 Å². The van der Waals surface area contributed by atoms with Gasteiger partial charge < -0.3 is 4.74 Å². The highest BCUT2D eigenvalue weighted by Gasteiger charge is 2.53. The second-order valence-electron chi connectivity index (χ2n) is 3.93. The molecule has 0 spiro atoms. The summed E-state index contributed by atoms with van der Waals surface area (Å²) in [6, 6.07) is 8.53. The third-order valence-corrected chi connectivity index (χ3v) is 2.71. The number of aliphatic imine (C=N–C) groups is 1. The van der Waals surface area contributed by atoms with Gasteiger partial charge in [-0.05, 0) is 11.6 Å². The highest BCUT2D eigenvalue weighted by Crippen LogP contribution is 2.31. The standard InChI is InChI=1S/C13H11F2NO2/c1-2-10-16-13(11(14)15,12(17)18-10)8-9-6-4-3-5-7-9/h2-7,11H,1,8H2. The van der Waals surface area contributed by atoms with Crippen molar-refractivity contribution in [2.75, 3.05) is 0 Å². The van der Waals surface area contributed by atoms with Crippen LogP contribution < -0.4 is 0 Å². The van der Waals surface area contributed by atoms with Gasteiger partial charge in [-0.25, -0.2) is 18.6 Å². The van der Waals surface area contributed by atoms with E-state index in [1.165, 1.54) is 0 Å². The van der Waals surface area contributed by atoms with Gasteiger partial charge in [-0.1, -0.05) is 36.9 Å². The number of carbonyl (C=O) groups excluding carboxylic acids is 1. The molecule has 94 valence electrons. The van der Waals surface area contributed by atoms with E-state index in [9.17, 15) is 13.6 Å². The predicted octanol–water partition coefficient (Wildman–Crippen LogP) is 2.37. The molecule has 2 rings (SSSR count). The molecule has 1 aliphatic rings. The van der Waals surface area contributed by atoms with Crippen LogP contribution in [0.25, 0.3) is 0 Å². The molecule has 1 aliphatic heterocycles. The molecule has 1 atom stereocenters. The fourth-order valence-electron chi connectivity index (χ4n) is 1.77. The van der Waals surface area contributed by atoms with Crippen molar-refractivity contribution in [1.82, 2.24) is 0 Å². The van der Waals surface area contributed by atoms with Crippen LogP contribution in [0.5, 0.6) is 0 Å². The molecule has 0 fully saturated rings. The highest BCUT2D eigenvalue weighted by atomic mass is 19.3. The SMILES string of the molecule is C=CC1=NC(Cc2ccccc2)(C(F)F)C(=O)O1. The summed E-state index contributed by atoms with van der Waals surface area (Å²) in [4.78, 5) is 15.3. The van der Waals surface area contributed by atoms with Crippen molar-refractivity contribution in [2.45, 2.75) is 18.4 Å². The van der Waals surface area contributed by atoms with Crippen molar-refractivity contribution in [3.05, 3.63) is 48.6 Å². The summed E-state index contributed by atoms with van der Waals surface area (Å²) in [6.07, 6.45) is -1.98. The van der Waals surface area contributed by atoms with Crippen molar-refractivity contribution in [3.63, 3.8) is 0 Å². The number of rotatable bonds is 4. The van der Waals surface area contributed by atoms with E-state index in [2.05, 4.69) is 16.3 Å². The smallest absolute Gasteiger partial charge is 0.347 e. The molecular weight excluding hydrogens is 240 g/mol. The Labute approximate surface area is 103 Å². The largest absolute Gasteiger partial charge is 0.406 e. The summed E-state index contributed by atoms with van der Waals surface area (Å²) in [6.45, 7) is 3.36. The van der Waals surface area contributed by atoms with E-state index >= 15 is 0 Å². The van der Waals surface area contributed by atoms with Crippen LogP contribution in [0.3, 0.4) is 0 Å². The van der Waals surface area contributed by atoms with E-state index < -0.39 is 17.9 Å². The molecule has 0 saturated heterocycles. The summed E-state index contributed by atoms with van der Waals surface area (Å²) in [5, 5.41) is 0. The fourth-order valence-corrected chi connectivity index (χ4v) is 1.77. The van der Waals surface area contributed by atoms with Crippen molar-refractivity contribution >= 4 is 11.9 Å². The molecule has 5 heteroatoms. The third-order valence-electron chi connectivity index (χ3n) is 2.71. The second-order valence-corrected chi connectivity index (χ2v) is 3.93. The third kappa shape index (κ3) is 2.03. The van der Waals surface area contributed by atoms with Gasteiger partial charge in [0.1, 0.15) is 0 Å². The predicted molar refractivity (Wildman–Crippen MR) is 62.6 cm³/mol. The zero-order chi connectivity index (χ0) is 13.2. The normalized spacial score (nSPS) is 22.8. The molecule has 0 radical (unpaired) electrons. The van der Waals surface area contributed by atoms with Gasteiger partial charge in [0, 0.05) is 6.42 Å². The molecule has 1 unspecified atom stereocenters. The zero-order valence-corrected chi connectivity index (χ0v) is 9.48. The number of benzene rings is 1. The number of halogens is 2. The maximum absolute atomic E-state index is 13.2. The fraction of sp³-hybridized carbons (Fsp3) is 0.231. The number of ether oxygens (including phenoxy) is 1. The molecule has 0 saturated carbocycles. The van der Waals surface area contributed by atoms with Gasteiger partial charge in [0.05, 0.1) is 0 Å². The Morgan fingerprint density at radius 1 is 1.39 bits per heavy atom. The molecule has 0 amide bonds. The Balaban J connectivity index is 2.37. The summed E-state index contributed by atoms with van der Waals surface area (Å²) in [5.41, 5.74) is -1.55. The number of hydrogen-bond acceptors (Lipinski definition) is 3. The quantitative estimate of drug-likeness (QED) is 0.770. The van der Waals surface area contributed by atoms with Crippen molar-refractivity contribution in [2.24, 2.45) is 4.99 Å². The van der Waals surface area contributed by atoms with Crippen LogP contribution in [0, 0.1) is 0 Å². The zero-order valence-electron chi connectivity index (χ0n) is 9.48. The number of hydrogen-bond donors (Lipinski definition) is 0. The number of carbonyl (C=O) groups is 1. The van der Waals surface area contributed by atoms with E-state index in [4.69, 9.17) is 0 Å². The lowest BCUT2D eigenvalue weighted by Gasteiger charge is -2.20. The summed E-state index contributed by atoms with van der Waals surface area (Å²) in [5.74, 6) is -1.19. The van der Waals surface area contributed by atoms with Gasteiger partial charge in [0.2, 0.25) is 11.4 Å². The Bertz CT molecular complexity index is 499. The maximum Gasteiger partial charge on any atom is 0.347 e. The van der Waals surface area contributed by atoms with E-state index in [1.807, 2.05) is 0 Å². The number of nitrogens with zero attached hydrogens (tertiary/aromatic N) is 1. The molecule has 3 nitrogen and oxygen atoms in total.